The summed E-state index contributed by atoms with van der Waals surface area (Å²) in [6.45, 7) is 0.711. The molecule has 3 rings (SSSR count). The molecule has 2 N–H and O–H groups in total. The topological polar surface area (TPSA) is 49.3 Å². The van der Waals surface area contributed by atoms with Crippen molar-refractivity contribution in [2.24, 2.45) is 0 Å². The maximum Gasteiger partial charge on any atom is 0.230 e. The van der Waals surface area contributed by atoms with Crippen LogP contribution in [0, 0.1) is 0 Å². The van der Waals surface area contributed by atoms with Crippen molar-refractivity contribution in [1.29, 1.82) is 0 Å². The molecule has 0 saturated heterocycles. The van der Waals surface area contributed by atoms with Crippen LogP contribution in [0.5, 0.6) is 0 Å². The smallest absolute Gasteiger partial charge is 0.230 e. The minimum Gasteiger partial charge on any atom is -0.392 e. The number of amides is 1. The molecule has 0 radical (unpaired) electrons. The van der Waals surface area contributed by atoms with E-state index in [9.17, 15) is 4.79 Å². The van der Waals surface area contributed by atoms with E-state index in [1.807, 2.05) is 42.5 Å². The van der Waals surface area contributed by atoms with Gasteiger partial charge in [0.1, 0.15) is 0 Å². The third kappa shape index (κ3) is 3.30. The Labute approximate surface area is 137 Å². The number of carbonyl (C=O) groups excluding carboxylic acids is 1. The molecule has 2 aromatic rings. The van der Waals surface area contributed by atoms with Crippen LogP contribution in [0.1, 0.15) is 36.0 Å². The Bertz CT molecular complexity index is 645. The van der Waals surface area contributed by atoms with E-state index >= 15 is 0 Å². The Morgan fingerprint density at radius 1 is 1.00 bits per heavy atom. The van der Waals surface area contributed by atoms with E-state index in [1.165, 1.54) is 5.56 Å². The van der Waals surface area contributed by atoms with Gasteiger partial charge in [-0.25, -0.2) is 0 Å². The molecule has 2 aromatic carbocycles. The van der Waals surface area contributed by atoms with Crippen LogP contribution in [-0.2, 0) is 23.2 Å². The fourth-order valence-electron chi connectivity index (χ4n) is 3.24. The van der Waals surface area contributed by atoms with Gasteiger partial charge in [-0.2, -0.15) is 0 Å². The summed E-state index contributed by atoms with van der Waals surface area (Å²) >= 11 is 0. The van der Waals surface area contributed by atoms with Crippen molar-refractivity contribution < 1.29 is 9.90 Å². The number of nitrogens with one attached hydrogen (secondary N) is 1. The number of benzene rings is 2. The summed E-state index contributed by atoms with van der Waals surface area (Å²) in [5.41, 5.74) is 2.90. The monoisotopic (exact) mass is 309 g/mol. The molecule has 3 nitrogen and oxygen atoms in total. The molecule has 1 aliphatic rings. The molecular weight excluding hydrogens is 286 g/mol. The fourth-order valence-corrected chi connectivity index (χ4v) is 3.24. The first-order chi connectivity index (χ1) is 11.2. The van der Waals surface area contributed by atoms with Gasteiger partial charge in [0.25, 0.3) is 0 Å². The van der Waals surface area contributed by atoms with Gasteiger partial charge in [0, 0.05) is 6.54 Å². The minimum absolute atomic E-state index is 0.0661. The third-order valence-electron chi connectivity index (χ3n) is 4.87. The highest BCUT2D eigenvalue weighted by Gasteiger charge is 2.45. The maximum absolute atomic E-state index is 12.7. The lowest BCUT2D eigenvalue weighted by molar-refractivity contribution is -0.129. The van der Waals surface area contributed by atoms with E-state index in [2.05, 4.69) is 17.4 Å². The number of carbonyl (C=O) groups is 1. The molecule has 0 heterocycles. The highest BCUT2D eigenvalue weighted by molar-refractivity contribution is 5.89. The molecule has 1 aliphatic carbocycles. The lowest BCUT2D eigenvalue weighted by Gasteiger charge is -2.40. The SMILES string of the molecule is O=C(NCCc1ccc(CO)cc1)C1(c2ccccc2)CCC1. The summed E-state index contributed by atoms with van der Waals surface area (Å²) < 4.78 is 0. The van der Waals surface area contributed by atoms with Gasteiger partial charge < -0.3 is 10.4 Å². The van der Waals surface area contributed by atoms with Crippen molar-refractivity contribution in [3.8, 4) is 0 Å². The van der Waals surface area contributed by atoms with Crippen LogP contribution in [0.25, 0.3) is 0 Å². The van der Waals surface area contributed by atoms with E-state index in [1.54, 1.807) is 0 Å². The van der Waals surface area contributed by atoms with Crippen LogP contribution in [0.2, 0.25) is 0 Å². The lowest BCUT2D eigenvalue weighted by Crippen LogP contribution is -2.49. The lowest BCUT2D eigenvalue weighted by atomic mass is 9.64. The second-order valence-corrected chi connectivity index (χ2v) is 6.28. The second kappa shape index (κ2) is 6.97. The Morgan fingerprint density at radius 3 is 2.22 bits per heavy atom. The van der Waals surface area contributed by atoms with Gasteiger partial charge in [0.15, 0.2) is 0 Å². The Hall–Kier alpha value is -2.13. The van der Waals surface area contributed by atoms with E-state index in [0.717, 1.165) is 36.8 Å². The summed E-state index contributed by atoms with van der Waals surface area (Å²) in [5.74, 6) is 0.155. The highest BCUT2D eigenvalue weighted by atomic mass is 16.3. The highest BCUT2D eigenvalue weighted by Crippen LogP contribution is 2.43. The molecule has 1 amide bonds. The van der Waals surface area contributed by atoms with Crippen LogP contribution in [0.3, 0.4) is 0 Å². The molecule has 0 atom stereocenters. The summed E-state index contributed by atoms with van der Waals surface area (Å²) in [6, 6.07) is 18.0. The third-order valence-corrected chi connectivity index (χ3v) is 4.87. The summed E-state index contributed by atoms with van der Waals surface area (Å²) in [6.07, 6.45) is 3.80. The van der Waals surface area contributed by atoms with Crippen molar-refractivity contribution >= 4 is 5.91 Å². The molecule has 120 valence electrons. The predicted octanol–water partition coefficient (Wildman–Crippen LogP) is 2.96. The van der Waals surface area contributed by atoms with Gasteiger partial charge in [-0.3, -0.25) is 4.79 Å². The number of aliphatic hydroxyl groups is 1. The number of hydrogen-bond donors (Lipinski definition) is 2. The predicted molar refractivity (Wildman–Crippen MR) is 91.0 cm³/mol. The van der Waals surface area contributed by atoms with Crippen molar-refractivity contribution in [3.05, 3.63) is 71.3 Å². The number of rotatable bonds is 6. The van der Waals surface area contributed by atoms with Gasteiger partial charge in [0.2, 0.25) is 5.91 Å². The van der Waals surface area contributed by atoms with Crippen molar-refractivity contribution in [2.75, 3.05) is 6.54 Å². The molecular formula is C20H23NO2. The summed E-state index contributed by atoms with van der Waals surface area (Å²) in [5, 5.41) is 12.2. The van der Waals surface area contributed by atoms with Gasteiger partial charge in [-0.05, 0) is 36.0 Å². The van der Waals surface area contributed by atoms with Gasteiger partial charge in [-0.1, -0.05) is 61.0 Å². The van der Waals surface area contributed by atoms with Crippen molar-refractivity contribution in [2.45, 2.75) is 37.7 Å². The van der Waals surface area contributed by atoms with Crippen LogP contribution in [0.15, 0.2) is 54.6 Å². The normalized spacial score (nSPS) is 15.7. The first kappa shape index (κ1) is 15.8. The van der Waals surface area contributed by atoms with Crippen LogP contribution in [0.4, 0.5) is 0 Å². The molecule has 1 saturated carbocycles. The molecule has 1 fully saturated rings. The molecule has 0 spiro atoms. The molecule has 23 heavy (non-hydrogen) atoms. The molecule has 3 heteroatoms. The van der Waals surface area contributed by atoms with E-state index < -0.39 is 0 Å². The van der Waals surface area contributed by atoms with Crippen molar-refractivity contribution in [3.63, 3.8) is 0 Å². The largest absolute Gasteiger partial charge is 0.392 e. The van der Waals surface area contributed by atoms with E-state index in [0.29, 0.717) is 6.54 Å². The zero-order chi connectivity index (χ0) is 16.1. The molecule has 0 aromatic heterocycles. The average molecular weight is 309 g/mol. The van der Waals surface area contributed by atoms with Gasteiger partial charge in [-0.15, -0.1) is 0 Å². The summed E-state index contributed by atoms with van der Waals surface area (Å²) in [4.78, 5) is 12.7. The Morgan fingerprint density at radius 2 is 1.65 bits per heavy atom. The maximum atomic E-state index is 12.7. The van der Waals surface area contributed by atoms with Crippen LogP contribution in [-0.4, -0.2) is 17.6 Å². The minimum atomic E-state index is -0.317. The fraction of sp³-hybridized carbons (Fsp3) is 0.350. The van der Waals surface area contributed by atoms with Gasteiger partial charge >= 0.3 is 0 Å². The Kier molecular flexibility index (Phi) is 4.77. The molecule has 0 unspecified atom stereocenters. The van der Waals surface area contributed by atoms with Gasteiger partial charge in [0.05, 0.1) is 12.0 Å². The second-order valence-electron chi connectivity index (χ2n) is 6.28. The molecule has 0 bridgehead atoms. The number of aliphatic hydroxyl groups excluding tert-OH is 1. The quantitative estimate of drug-likeness (QED) is 0.862. The first-order valence-corrected chi connectivity index (χ1v) is 8.27. The molecule has 0 aliphatic heterocycles. The number of hydrogen-bond acceptors (Lipinski definition) is 2. The average Bonchev–Trinajstić information content (AvgIpc) is 2.55. The van der Waals surface area contributed by atoms with Crippen molar-refractivity contribution in [1.82, 2.24) is 5.32 Å². The standard InChI is InChI=1S/C20H23NO2/c22-15-17-9-7-16(8-10-17)11-14-21-19(23)20(12-4-13-20)18-5-2-1-3-6-18/h1-3,5-10,22H,4,11-15H2,(H,21,23). The zero-order valence-electron chi connectivity index (χ0n) is 13.3. The Balaban J connectivity index is 1.58. The van der Waals surface area contributed by atoms with Crippen LogP contribution >= 0.6 is 0 Å². The van der Waals surface area contributed by atoms with Crippen LogP contribution < -0.4 is 5.32 Å². The van der Waals surface area contributed by atoms with E-state index in [4.69, 9.17) is 5.11 Å². The first-order valence-electron chi connectivity index (χ1n) is 8.27. The summed E-state index contributed by atoms with van der Waals surface area (Å²) in [7, 11) is 0. The zero-order valence-corrected chi connectivity index (χ0v) is 13.3. The van der Waals surface area contributed by atoms with E-state index in [-0.39, 0.29) is 17.9 Å².